The Morgan fingerprint density at radius 1 is 1.16 bits per heavy atom. The molecule has 0 radical (unpaired) electrons. The fourth-order valence-electron chi connectivity index (χ4n) is 2.58. The van der Waals surface area contributed by atoms with Crippen molar-refractivity contribution in [3.05, 3.63) is 35.5 Å². The second-order valence-electron chi connectivity index (χ2n) is 5.80. The molecule has 0 fully saturated rings. The number of nitrogens with zero attached hydrogens (tertiary/aromatic N) is 2. The van der Waals surface area contributed by atoms with Crippen molar-refractivity contribution >= 4 is 11.9 Å². The van der Waals surface area contributed by atoms with Crippen LogP contribution in [0.15, 0.2) is 24.3 Å². The quantitative estimate of drug-likeness (QED) is 0.294. The molecule has 0 saturated heterocycles. The first-order chi connectivity index (χ1) is 12.1. The van der Waals surface area contributed by atoms with Crippen LogP contribution in [0.2, 0.25) is 0 Å². The molecule has 2 aromatic rings. The Morgan fingerprint density at radius 2 is 1.88 bits per heavy atom. The molecule has 0 aliphatic carbocycles. The predicted molar refractivity (Wildman–Crippen MR) is 97.9 cm³/mol. The van der Waals surface area contributed by atoms with Crippen molar-refractivity contribution < 1.29 is 9.53 Å². The van der Waals surface area contributed by atoms with Gasteiger partial charge >= 0.3 is 0 Å². The highest BCUT2D eigenvalue weighted by Gasteiger charge is 2.18. The predicted octanol–water partition coefficient (Wildman–Crippen LogP) is 2.60. The molecule has 7 nitrogen and oxygen atoms in total. The van der Waals surface area contributed by atoms with Crippen LogP contribution in [-0.4, -0.2) is 22.5 Å². The van der Waals surface area contributed by atoms with Gasteiger partial charge in [-0.05, 0) is 37.6 Å². The van der Waals surface area contributed by atoms with Gasteiger partial charge in [0.2, 0.25) is 5.95 Å². The van der Waals surface area contributed by atoms with Crippen molar-refractivity contribution in [1.29, 1.82) is 0 Å². The SMILES string of the molecule is CCCCCCOc1ccc(-c2nc(N)nc(C)c2C(=O)NN)cc1. The number of carbonyl (C=O) groups is 1. The molecule has 0 aliphatic heterocycles. The van der Waals surface area contributed by atoms with Gasteiger partial charge in [-0.3, -0.25) is 10.2 Å². The van der Waals surface area contributed by atoms with Gasteiger partial charge in [-0.15, -0.1) is 0 Å². The number of ether oxygens (including phenoxy) is 1. The third-order valence-corrected chi connectivity index (χ3v) is 3.86. The maximum atomic E-state index is 12.1. The van der Waals surface area contributed by atoms with Crippen LogP contribution in [0.3, 0.4) is 0 Å². The van der Waals surface area contributed by atoms with Crippen LogP contribution in [0.5, 0.6) is 5.75 Å². The number of aryl methyl sites for hydroxylation is 1. The molecule has 0 saturated carbocycles. The van der Waals surface area contributed by atoms with E-state index in [1.165, 1.54) is 19.3 Å². The lowest BCUT2D eigenvalue weighted by Gasteiger charge is -2.12. The molecule has 1 amide bonds. The van der Waals surface area contributed by atoms with Crippen LogP contribution in [0.1, 0.15) is 48.7 Å². The number of amides is 1. The zero-order valence-electron chi connectivity index (χ0n) is 14.7. The first kappa shape index (κ1) is 18.7. The number of anilines is 1. The molecule has 2 rings (SSSR count). The van der Waals surface area contributed by atoms with Crippen molar-refractivity contribution in [3.8, 4) is 17.0 Å². The van der Waals surface area contributed by atoms with Crippen LogP contribution in [0, 0.1) is 6.92 Å². The molecular formula is C18H25N5O2. The summed E-state index contributed by atoms with van der Waals surface area (Å²) in [7, 11) is 0. The van der Waals surface area contributed by atoms with E-state index in [0.717, 1.165) is 17.7 Å². The summed E-state index contributed by atoms with van der Waals surface area (Å²) in [6.07, 6.45) is 4.64. The number of hydrazine groups is 1. The van der Waals surface area contributed by atoms with Gasteiger partial charge < -0.3 is 10.5 Å². The fraction of sp³-hybridized carbons (Fsp3) is 0.389. The van der Waals surface area contributed by atoms with E-state index < -0.39 is 5.91 Å². The second-order valence-corrected chi connectivity index (χ2v) is 5.80. The Kier molecular flexibility index (Phi) is 6.71. The summed E-state index contributed by atoms with van der Waals surface area (Å²) in [6.45, 7) is 4.57. The minimum atomic E-state index is -0.455. The third kappa shape index (κ3) is 4.90. The maximum Gasteiger partial charge on any atom is 0.269 e. The molecule has 0 aliphatic rings. The Hall–Kier alpha value is -2.67. The van der Waals surface area contributed by atoms with Gasteiger partial charge in [0.05, 0.1) is 23.6 Å². The summed E-state index contributed by atoms with van der Waals surface area (Å²) < 4.78 is 5.73. The molecule has 0 unspecified atom stereocenters. The average molecular weight is 343 g/mol. The number of unbranched alkanes of at least 4 members (excludes halogenated alkanes) is 3. The molecule has 25 heavy (non-hydrogen) atoms. The maximum absolute atomic E-state index is 12.1. The summed E-state index contributed by atoms with van der Waals surface area (Å²) in [5, 5.41) is 0. The van der Waals surface area contributed by atoms with Gasteiger partial charge in [0, 0.05) is 5.56 Å². The average Bonchev–Trinajstić information content (AvgIpc) is 2.61. The summed E-state index contributed by atoms with van der Waals surface area (Å²) in [4.78, 5) is 20.3. The smallest absolute Gasteiger partial charge is 0.269 e. The van der Waals surface area contributed by atoms with E-state index in [1.807, 2.05) is 24.3 Å². The first-order valence-corrected chi connectivity index (χ1v) is 8.45. The normalized spacial score (nSPS) is 10.5. The molecule has 0 atom stereocenters. The molecule has 0 bridgehead atoms. The lowest BCUT2D eigenvalue weighted by atomic mass is 10.0. The highest BCUT2D eigenvalue weighted by Crippen LogP contribution is 2.26. The van der Waals surface area contributed by atoms with E-state index in [-0.39, 0.29) is 5.95 Å². The monoisotopic (exact) mass is 343 g/mol. The van der Waals surface area contributed by atoms with E-state index in [0.29, 0.717) is 23.6 Å². The molecular weight excluding hydrogens is 318 g/mol. The number of nitrogen functional groups attached to an aromatic ring is 2. The van der Waals surface area contributed by atoms with Gasteiger partial charge in [-0.2, -0.15) is 0 Å². The number of nitrogens with one attached hydrogen (secondary N) is 1. The molecule has 1 aromatic carbocycles. The van der Waals surface area contributed by atoms with Crippen molar-refractivity contribution in [2.75, 3.05) is 12.3 Å². The number of nitrogens with two attached hydrogens (primary N) is 2. The number of carbonyl (C=O) groups excluding carboxylic acids is 1. The molecule has 1 aromatic heterocycles. The molecule has 0 spiro atoms. The summed E-state index contributed by atoms with van der Waals surface area (Å²) >= 11 is 0. The van der Waals surface area contributed by atoms with E-state index >= 15 is 0 Å². The van der Waals surface area contributed by atoms with Gasteiger partial charge in [-0.25, -0.2) is 15.8 Å². The Morgan fingerprint density at radius 3 is 2.52 bits per heavy atom. The lowest BCUT2D eigenvalue weighted by molar-refractivity contribution is 0.0953. The van der Waals surface area contributed by atoms with Crippen molar-refractivity contribution in [1.82, 2.24) is 15.4 Å². The Bertz CT molecular complexity index is 716. The van der Waals surface area contributed by atoms with E-state index in [2.05, 4.69) is 22.3 Å². The lowest BCUT2D eigenvalue weighted by Crippen LogP contribution is -2.31. The minimum absolute atomic E-state index is 0.109. The standard InChI is InChI=1S/C18H25N5O2/c1-3-4-5-6-11-25-14-9-7-13(8-10-14)16-15(17(24)23-20)12(2)21-18(19)22-16/h7-10H,3-6,11,20H2,1-2H3,(H,23,24)(H2,19,21,22). The number of rotatable bonds is 8. The summed E-state index contributed by atoms with van der Waals surface area (Å²) in [5.74, 6) is 5.70. The molecule has 134 valence electrons. The molecule has 1 heterocycles. The van der Waals surface area contributed by atoms with E-state index in [9.17, 15) is 4.79 Å². The summed E-state index contributed by atoms with van der Waals surface area (Å²) in [6, 6.07) is 7.39. The Labute approximate surface area is 147 Å². The highest BCUT2D eigenvalue weighted by molar-refractivity contribution is 6.00. The minimum Gasteiger partial charge on any atom is -0.494 e. The first-order valence-electron chi connectivity index (χ1n) is 8.45. The third-order valence-electron chi connectivity index (χ3n) is 3.86. The number of hydrogen-bond donors (Lipinski definition) is 3. The van der Waals surface area contributed by atoms with Crippen LogP contribution in [-0.2, 0) is 0 Å². The Balaban J connectivity index is 2.18. The largest absolute Gasteiger partial charge is 0.494 e. The number of aromatic nitrogens is 2. The van der Waals surface area contributed by atoms with Crippen molar-refractivity contribution in [3.63, 3.8) is 0 Å². The highest BCUT2D eigenvalue weighted by atomic mass is 16.5. The van der Waals surface area contributed by atoms with Crippen LogP contribution < -0.4 is 21.7 Å². The van der Waals surface area contributed by atoms with Gasteiger partial charge in [0.25, 0.3) is 5.91 Å². The van der Waals surface area contributed by atoms with Crippen LogP contribution in [0.4, 0.5) is 5.95 Å². The van der Waals surface area contributed by atoms with Crippen LogP contribution in [0.25, 0.3) is 11.3 Å². The van der Waals surface area contributed by atoms with Gasteiger partial charge in [-0.1, -0.05) is 26.2 Å². The topological polar surface area (TPSA) is 116 Å². The second kappa shape index (κ2) is 8.98. The number of hydrogen-bond acceptors (Lipinski definition) is 6. The zero-order chi connectivity index (χ0) is 18.2. The zero-order valence-corrected chi connectivity index (χ0v) is 14.7. The molecule has 5 N–H and O–H groups in total. The fourth-order valence-corrected chi connectivity index (χ4v) is 2.58. The van der Waals surface area contributed by atoms with Gasteiger partial charge in [0.15, 0.2) is 0 Å². The van der Waals surface area contributed by atoms with E-state index in [1.54, 1.807) is 6.92 Å². The number of benzene rings is 1. The van der Waals surface area contributed by atoms with Gasteiger partial charge in [0.1, 0.15) is 5.75 Å². The van der Waals surface area contributed by atoms with Crippen molar-refractivity contribution in [2.24, 2.45) is 5.84 Å². The van der Waals surface area contributed by atoms with Crippen LogP contribution >= 0.6 is 0 Å². The van der Waals surface area contributed by atoms with E-state index in [4.69, 9.17) is 16.3 Å². The molecule has 7 heteroatoms. The summed E-state index contributed by atoms with van der Waals surface area (Å²) in [5.41, 5.74) is 9.83. The van der Waals surface area contributed by atoms with Crippen molar-refractivity contribution in [2.45, 2.75) is 39.5 Å².